The van der Waals surface area contributed by atoms with Gasteiger partial charge in [0.05, 0.1) is 23.7 Å². The monoisotopic (exact) mass is 608 g/mol. The third-order valence-corrected chi connectivity index (χ3v) is 9.00. The van der Waals surface area contributed by atoms with E-state index in [0.717, 1.165) is 23.9 Å². The van der Waals surface area contributed by atoms with Gasteiger partial charge < -0.3 is 14.5 Å². The highest BCUT2D eigenvalue weighted by Gasteiger charge is 2.41. The van der Waals surface area contributed by atoms with E-state index in [9.17, 15) is 27.2 Å². The van der Waals surface area contributed by atoms with Gasteiger partial charge in [0.25, 0.3) is 0 Å². The number of thioether (sulfide) groups is 1. The molecule has 2 aromatic carbocycles. The van der Waals surface area contributed by atoms with Gasteiger partial charge >= 0.3 is 11.9 Å². The molecule has 224 valence electrons. The largest absolute Gasteiger partial charge is 0.417 e. The zero-order valence-electron chi connectivity index (χ0n) is 23.4. The van der Waals surface area contributed by atoms with E-state index in [1.54, 1.807) is 23.6 Å². The second-order valence-electron chi connectivity index (χ2n) is 10.7. The molecule has 2 aliphatic rings. The van der Waals surface area contributed by atoms with E-state index in [4.69, 9.17) is 4.74 Å². The third-order valence-electron chi connectivity index (χ3n) is 7.76. The molecule has 1 amide bonds. The molecule has 3 aromatic rings. The van der Waals surface area contributed by atoms with Crippen molar-refractivity contribution in [1.29, 1.82) is 0 Å². The highest BCUT2D eigenvalue weighted by atomic mass is 32.2. The first-order valence-corrected chi connectivity index (χ1v) is 14.2. The Balaban J connectivity index is 1.85. The van der Waals surface area contributed by atoms with Gasteiger partial charge in [-0.1, -0.05) is 6.58 Å². The molecule has 1 aromatic heterocycles. The van der Waals surface area contributed by atoms with Gasteiger partial charge in [-0.15, -0.1) is 11.8 Å². The van der Waals surface area contributed by atoms with E-state index < -0.39 is 46.2 Å². The number of carbonyl (C=O) groups excluding carboxylic acids is 1. The lowest BCUT2D eigenvalue weighted by atomic mass is 9.94. The summed E-state index contributed by atoms with van der Waals surface area (Å²) < 4.78 is 80.3. The number of carbonyl (C=O) groups is 1. The van der Waals surface area contributed by atoms with Crippen LogP contribution in [-0.2, 0) is 15.7 Å². The minimum absolute atomic E-state index is 0.0207. The van der Waals surface area contributed by atoms with Crippen LogP contribution in [0.5, 0.6) is 0 Å². The number of rotatable bonds is 5. The number of ether oxygens (including phenoxy) is 1. The fraction of sp³-hybridized carbons (Fsp3) is 0.414. The maximum atomic E-state index is 15.2. The molecule has 42 heavy (non-hydrogen) atoms. The van der Waals surface area contributed by atoms with Gasteiger partial charge in [0.2, 0.25) is 5.91 Å². The smallest absolute Gasteiger partial charge is 0.383 e. The Labute approximate surface area is 242 Å². The van der Waals surface area contributed by atoms with E-state index >= 15 is 4.39 Å². The summed E-state index contributed by atoms with van der Waals surface area (Å²) in [5.41, 5.74) is -2.52. The fourth-order valence-corrected chi connectivity index (χ4v) is 7.34. The zero-order valence-corrected chi connectivity index (χ0v) is 24.2. The summed E-state index contributed by atoms with van der Waals surface area (Å²) in [5.74, 6) is -2.09. The summed E-state index contributed by atoms with van der Waals surface area (Å²) in [5, 5.41) is 0.0658. The van der Waals surface area contributed by atoms with E-state index in [2.05, 4.69) is 11.6 Å². The summed E-state index contributed by atoms with van der Waals surface area (Å²) in [4.78, 5) is 33.7. The molecule has 3 unspecified atom stereocenters. The molecule has 0 bridgehead atoms. The number of benzene rings is 2. The number of hydrogen-bond donors (Lipinski definition) is 0. The molecule has 13 heteroatoms. The predicted molar refractivity (Wildman–Crippen MR) is 151 cm³/mol. The van der Waals surface area contributed by atoms with Gasteiger partial charge in [0, 0.05) is 65.5 Å². The second-order valence-corrected chi connectivity index (χ2v) is 11.7. The lowest BCUT2D eigenvalue weighted by Crippen LogP contribution is -2.58. The van der Waals surface area contributed by atoms with Crippen molar-refractivity contribution in [1.82, 2.24) is 14.5 Å². The van der Waals surface area contributed by atoms with Crippen LogP contribution < -0.4 is 10.6 Å². The quantitative estimate of drug-likeness (QED) is 0.279. The van der Waals surface area contributed by atoms with Gasteiger partial charge in [-0.25, -0.2) is 13.6 Å². The molecule has 3 heterocycles. The molecule has 0 N–H and O–H groups in total. The van der Waals surface area contributed by atoms with Gasteiger partial charge in [-0.3, -0.25) is 9.36 Å². The number of methoxy groups -OCH3 is 1. The number of nitrogens with zero attached hydrogens (tertiary/aromatic N) is 4. The van der Waals surface area contributed by atoms with Crippen molar-refractivity contribution in [3.63, 3.8) is 0 Å². The first kappa shape index (κ1) is 30.0. The summed E-state index contributed by atoms with van der Waals surface area (Å²) in [7, 11) is 1.45. The lowest BCUT2D eigenvalue weighted by Gasteiger charge is -2.45. The van der Waals surface area contributed by atoms with Crippen LogP contribution in [0, 0.1) is 18.6 Å². The molecule has 2 aliphatic heterocycles. The number of alkyl halides is 3. The standard InChI is InChI=1S/C29H29F5N4O3S/c1-6-23(39)37-15(3)10-36(11-16(37)4)27-19-8-20(29(32,33)34)24(18-7-14(2)21(30)9-22(18)31)26-25(19)38(28(40)35-27)17(12-41-5)13-42-26/h6-9,15-17H,1,10-13H2,2-5H3. The SMILES string of the molecule is C=CC(=O)N1C(C)CN(c2nc(=O)n3c4c(c(-c5cc(C)c(F)cc5F)c(C(F)(F)F)cc24)SCC3COC)CC1C. The number of hydrogen-bond acceptors (Lipinski definition) is 6. The predicted octanol–water partition coefficient (Wildman–Crippen LogP) is 5.57. The molecule has 5 rings (SSSR count). The molecule has 7 nitrogen and oxygen atoms in total. The molecule has 0 aliphatic carbocycles. The van der Waals surface area contributed by atoms with E-state index in [0.29, 0.717) is 6.07 Å². The van der Waals surface area contributed by atoms with Crippen molar-refractivity contribution in [2.24, 2.45) is 0 Å². The highest BCUT2D eigenvalue weighted by molar-refractivity contribution is 7.99. The Bertz CT molecular complexity index is 1650. The maximum Gasteiger partial charge on any atom is 0.417 e. The van der Waals surface area contributed by atoms with Crippen LogP contribution in [0.25, 0.3) is 22.0 Å². The Morgan fingerprint density at radius 3 is 2.43 bits per heavy atom. The maximum absolute atomic E-state index is 15.2. The summed E-state index contributed by atoms with van der Waals surface area (Å²) in [6.07, 6.45) is -3.72. The molecule has 1 saturated heterocycles. The van der Waals surface area contributed by atoms with Gasteiger partial charge in [-0.05, 0) is 44.5 Å². The van der Waals surface area contributed by atoms with Crippen LogP contribution in [0.15, 0.2) is 40.5 Å². The number of piperazine rings is 1. The average molecular weight is 609 g/mol. The number of halogens is 5. The normalized spacial score (nSPS) is 20.7. The number of anilines is 1. The minimum atomic E-state index is -4.92. The van der Waals surface area contributed by atoms with Crippen molar-refractivity contribution >= 4 is 34.4 Å². The second kappa shape index (κ2) is 11.0. The van der Waals surface area contributed by atoms with Crippen LogP contribution in [0.4, 0.5) is 27.8 Å². The summed E-state index contributed by atoms with van der Waals surface area (Å²) >= 11 is 1.06. The fourth-order valence-electron chi connectivity index (χ4n) is 6.02. The van der Waals surface area contributed by atoms with Crippen LogP contribution in [0.3, 0.4) is 0 Å². The molecular formula is C29H29F5N4O3S. The molecule has 1 fully saturated rings. The van der Waals surface area contributed by atoms with Crippen molar-refractivity contribution < 1.29 is 31.5 Å². The van der Waals surface area contributed by atoms with Crippen molar-refractivity contribution in [3.05, 3.63) is 64.1 Å². The molecule has 0 saturated carbocycles. The Hall–Kier alpha value is -3.45. The van der Waals surface area contributed by atoms with Crippen molar-refractivity contribution in [2.45, 2.75) is 50.0 Å². The lowest BCUT2D eigenvalue weighted by molar-refractivity contribution is -0.137. The average Bonchev–Trinajstić information content (AvgIpc) is 2.91. The van der Waals surface area contributed by atoms with Gasteiger partial charge in [0.1, 0.15) is 17.5 Å². The van der Waals surface area contributed by atoms with Gasteiger partial charge in [0.15, 0.2) is 0 Å². The number of amides is 1. The van der Waals surface area contributed by atoms with Crippen LogP contribution in [0.1, 0.15) is 31.0 Å². The Morgan fingerprint density at radius 2 is 1.83 bits per heavy atom. The molecule has 0 radical (unpaired) electrons. The molecule has 3 atom stereocenters. The summed E-state index contributed by atoms with van der Waals surface area (Å²) in [6.45, 7) is 8.99. The zero-order chi connectivity index (χ0) is 30.7. The van der Waals surface area contributed by atoms with E-state index in [1.807, 2.05) is 0 Å². The van der Waals surface area contributed by atoms with Crippen LogP contribution in [-0.4, -0.2) is 65.0 Å². The molecule has 0 spiro atoms. The summed E-state index contributed by atoms with van der Waals surface area (Å²) in [6, 6.07) is 1.26. The topological polar surface area (TPSA) is 67.7 Å². The van der Waals surface area contributed by atoms with E-state index in [-0.39, 0.29) is 70.6 Å². The first-order valence-electron chi connectivity index (χ1n) is 13.3. The minimum Gasteiger partial charge on any atom is -0.383 e. The van der Waals surface area contributed by atoms with Crippen LogP contribution in [0.2, 0.25) is 0 Å². The van der Waals surface area contributed by atoms with Crippen molar-refractivity contribution in [3.8, 4) is 11.1 Å². The Kier molecular flexibility index (Phi) is 7.86. The van der Waals surface area contributed by atoms with Gasteiger partial charge in [-0.2, -0.15) is 18.2 Å². The van der Waals surface area contributed by atoms with E-state index in [1.165, 1.54) is 24.7 Å². The van der Waals surface area contributed by atoms with Crippen LogP contribution >= 0.6 is 11.8 Å². The third kappa shape index (κ3) is 4.96. The molecular weight excluding hydrogens is 579 g/mol. The van der Waals surface area contributed by atoms with Crippen molar-refractivity contribution in [2.75, 3.05) is 37.5 Å². The number of aromatic nitrogens is 2. The Morgan fingerprint density at radius 1 is 1.17 bits per heavy atom. The first-order chi connectivity index (χ1) is 19.8. The highest BCUT2D eigenvalue weighted by Crippen LogP contribution is 2.50. The number of aryl methyl sites for hydroxylation is 1.